The Morgan fingerprint density at radius 3 is 3.00 bits per heavy atom. The lowest BCUT2D eigenvalue weighted by Gasteiger charge is -2.09. The number of aromatic amines is 1. The highest BCUT2D eigenvalue weighted by atomic mass is 35.5. The quantitative estimate of drug-likeness (QED) is 0.836. The highest BCUT2D eigenvalue weighted by Gasteiger charge is 2.13. The van der Waals surface area contributed by atoms with Crippen LogP contribution in [0.25, 0.3) is 5.57 Å². The van der Waals surface area contributed by atoms with Crippen LogP contribution in [0, 0.1) is 17.1 Å². The number of rotatable bonds is 4. The van der Waals surface area contributed by atoms with Crippen molar-refractivity contribution < 1.29 is 9.13 Å². The number of hydrogen-bond donors (Lipinski definition) is 2. The van der Waals surface area contributed by atoms with Crippen LogP contribution < -0.4 is 10.1 Å². The Bertz CT molecular complexity index is 679. The summed E-state index contributed by atoms with van der Waals surface area (Å²) in [5, 5.41) is 24.6. The molecule has 0 amide bonds. The summed E-state index contributed by atoms with van der Waals surface area (Å²) >= 11 is 5.89. The molecule has 0 fully saturated rings. The average molecular weight is 295 g/mol. The van der Waals surface area contributed by atoms with Crippen LogP contribution >= 0.6 is 11.6 Å². The number of nitriles is 1. The molecule has 9 heteroatoms. The molecule has 1 aromatic carbocycles. The van der Waals surface area contributed by atoms with Crippen LogP contribution in [0.4, 0.5) is 10.1 Å². The summed E-state index contributed by atoms with van der Waals surface area (Å²) in [5.74, 6) is -0.551. The Morgan fingerprint density at radius 2 is 2.40 bits per heavy atom. The Kier molecular flexibility index (Phi) is 4.12. The van der Waals surface area contributed by atoms with Crippen molar-refractivity contribution in [2.75, 3.05) is 12.4 Å². The molecule has 0 saturated carbocycles. The minimum atomic E-state index is -0.665. The SMILES string of the molecule is COc1ccc(Cl)c(NC=C(C#N)c2nn[nH]n2)c1F. The maximum Gasteiger partial charge on any atom is 0.216 e. The highest BCUT2D eigenvalue weighted by molar-refractivity contribution is 6.33. The maximum atomic E-state index is 14.0. The van der Waals surface area contributed by atoms with Crippen LogP contribution in [0.2, 0.25) is 5.02 Å². The smallest absolute Gasteiger partial charge is 0.216 e. The largest absolute Gasteiger partial charge is 0.494 e. The Morgan fingerprint density at radius 1 is 1.60 bits per heavy atom. The van der Waals surface area contributed by atoms with Gasteiger partial charge < -0.3 is 10.1 Å². The van der Waals surface area contributed by atoms with Gasteiger partial charge in [-0.15, -0.1) is 10.2 Å². The molecule has 2 aromatic rings. The third-order valence-corrected chi connectivity index (χ3v) is 2.66. The molecule has 0 saturated heterocycles. The molecule has 2 N–H and O–H groups in total. The van der Waals surface area contributed by atoms with Gasteiger partial charge in [-0.3, -0.25) is 0 Å². The molecule has 0 unspecified atom stereocenters. The fourth-order valence-electron chi connectivity index (χ4n) is 1.39. The van der Waals surface area contributed by atoms with Gasteiger partial charge in [0.1, 0.15) is 11.6 Å². The van der Waals surface area contributed by atoms with E-state index in [-0.39, 0.29) is 27.9 Å². The molecular formula is C11H8ClFN6O. The number of aromatic nitrogens is 4. The molecule has 20 heavy (non-hydrogen) atoms. The van der Waals surface area contributed by atoms with Crippen molar-refractivity contribution in [2.45, 2.75) is 0 Å². The van der Waals surface area contributed by atoms with Crippen molar-refractivity contribution >= 4 is 22.9 Å². The molecule has 1 heterocycles. The summed E-state index contributed by atoms with van der Waals surface area (Å²) in [7, 11) is 1.34. The van der Waals surface area contributed by atoms with E-state index >= 15 is 0 Å². The molecule has 7 nitrogen and oxygen atoms in total. The summed E-state index contributed by atoms with van der Waals surface area (Å²) in [6, 6.07) is 4.73. The summed E-state index contributed by atoms with van der Waals surface area (Å²) in [6.45, 7) is 0. The van der Waals surface area contributed by atoms with Gasteiger partial charge in [0.05, 0.1) is 17.8 Å². The predicted molar refractivity (Wildman–Crippen MR) is 69.4 cm³/mol. The Labute approximate surface area is 118 Å². The number of tetrazole rings is 1. The van der Waals surface area contributed by atoms with Crippen molar-refractivity contribution in [1.82, 2.24) is 20.6 Å². The van der Waals surface area contributed by atoms with Crippen molar-refractivity contribution in [2.24, 2.45) is 0 Å². The molecule has 0 spiro atoms. The van der Waals surface area contributed by atoms with Gasteiger partial charge in [0.2, 0.25) is 5.82 Å². The second-order valence-electron chi connectivity index (χ2n) is 3.49. The third-order valence-electron chi connectivity index (χ3n) is 2.34. The normalized spacial score (nSPS) is 11.0. The third kappa shape index (κ3) is 2.67. The number of hydrogen-bond acceptors (Lipinski definition) is 6. The standard InChI is InChI=1S/C11H8ClFN6O/c1-20-8-3-2-7(12)10(9(8)13)15-5-6(4-14)11-16-18-19-17-11/h2-3,5,15H,1H3,(H,16,17,18,19). The number of ether oxygens (including phenoxy) is 1. The van der Waals surface area contributed by atoms with E-state index in [9.17, 15) is 4.39 Å². The number of H-pyrrole nitrogens is 1. The molecule has 0 bridgehead atoms. The first-order valence-electron chi connectivity index (χ1n) is 5.30. The predicted octanol–water partition coefficient (Wildman–Crippen LogP) is 1.98. The van der Waals surface area contributed by atoms with Crippen LogP contribution in [0.1, 0.15) is 5.82 Å². The summed E-state index contributed by atoms with van der Waals surface area (Å²) in [4.78, 5) is 0. The number of methoxy groups -OCH3 is 1. The van der Waals surface area contributed by atoms with Crippen LogP contribution in [0.15, 0.2) is 18.3 Å². The van der Waals surface area contributed by atoms with E-state index in [2.05, 4.69) is 25.9 Å². The van der Waals surface area contributed by atoms with Gasteiger partial charge in [-0.05, 0) is 17.3 Å². The zero-order valence-corrected chi connectivity index (χ0v) is 10.9. The zero-order valence-electron chi connectivity index (χ0n) is 10.2. The number of anilines is 1. The first kappa shape index (κ1) is 13.8. The molecule has 0 radical (unpaired) electrons. The van der Waals surface area contributed by atoms with E-state index in [1.54, 1.807) is 0 Å². The molecule has 102 valence electrons. The Hall–Kier alpha value is -2.66. The maximum absolute atomic E-state index is 14.0. The monoisotopic (exact) mass is 294 g/mol. The summed E-state index contributed by atoms with van der Waals surface area (Å²) < 4.78 is 18.8. The first-order chi connectivity index (χ1) is 9.67. The molecule has 1 aromatic heterocycles. The van der Waals surface area contributed by atoms with E-state index < -0.39 is 5.82 Å². The van der Waals surface area contributed by atoms with Crippen molar-refractivity contribution in [3.05, 3.63) is 35.0 Å². The second-order valence-corrected chi connectivity index (χ2v) is 3.90. The van der Waals surface area contributed by atoms with Crippen LogP contribution in [0.5, 0.6) is 5.75 Å². The van der Waals surface area contributed by atoms with Crippen LogP contribution in [-0.4, -0.2) is 27.7 Å². The van der Waals surface area contributed by atoms with Gasteiger partial charge >= 0.3 is 0 Å². The van der Waals surface area contributed by atoms with Gasteiger partial charge in [0, 0.05) is 6.20 Å². The van der Waals surface area contributed by atoms with Gasteiger partial charge in [-0.25, -0.2) is 4.39 Å². The van der Waals surface area contributed by atoms with Crippen molar-refractivity contribution in [3.8, 4) is 11.8 Å². The van der Waals surface area contributed by atoms with E-state index in [0.29, 0.717) is 0 Å². The fraction of sp³-hybridized carbons (Fsp3) is 0.0909. The topological polar surface area (TPSA) is 99.5 Å². The van der Waals surface area contributed by atoms with E-state index in [1.807, 2.05) is 6.07 Å². The zero-order chi connectivity index (χ0) is 14.5. The van der Waals surface area contributed by atoms with Crippen molar-refractivity contribution in [3.63, 3.8) is 0 Å². The van der Waals surface area contributed by atoms with Gasteiger partial charge in [-0.2, -0.15) is 10.5 Å². The lowest BCUT2D eigenvalue weighted by Crippen LogP contribution is -1.98. The Balaban J connectivity index is 2.33. The molecule has 0 aliphatic carbocycles. The molecule has 0 aliphatic rings. The first-order valence-corrected chi connectivity index (χ1v) is 5.67. The number of nitrogens with zero attached hydrogens (tertiary/aromatic N) is 4. The van der Waals surface area contributed by atoms with Gasteiger partial charge in [-0.1, -0.05) is 11.6 Å². The molecule has 0 aliphatic heterocycles. The number of benzene rings is 1. The van der Waals surface area contributed by atoms with Gasteiger partial charge in [0.25, 0.3) is 0 Å². The number of halogens is 2. The molecule has 0 atom stereocenters. The molecular weight excluding hydrogens is 287 g/mol. The summed E-state index contributed by atoms with van der Waals surface area (Å²) in [6.07, 6.45) is 1.23. The van der Waals surface area contributed by atoms with E-state index in [4.69, 9.17) is 21.6 Å². The lowest BCUT2D eigenvalue weighted by atomic mass is 10.2. The molecule has 2 rings (SSSR count). The highest BCUT2D eigenvalue weighted by Crippen LogP contribution is 2.31. The van der Waals surface area contributed by atoms with E-state index in [1.165, 1.54) is 25.4 Å². The minimum absolute atomic E-state index is 0.0118. The minimum Gasteiger partial charge on any atom is -0.494 e. The number of nitrogens with one attached hydrogen (secondary N) is 2. The summed E-state index contributed by atoms with van der Waals surface area (Å²) in [5.41, 5.74) is 0.0549. The van der Waals surface area contributed by atoms with Crippen molar-refractivity contribution in [1.29, 1.82) is 5.26 Å². The lowest BCUT2D eigenvalue weighted by molar-refractivity contribution is 0.387. The van der Waals surface area contributed by atoms with E-state index in [0.717, 1.165) is 0 Å². The van der Waals surface area contributed by atoms with Crippen LogP contribution in [-0.2, 0) is 0 Å². The fourth-order valence-corrected chi connectivity index (χ4v) is 1.59. The second kappa shape index (κ2) is 5.99. The van der Waals surface area contributed by atoms with Gasteiger partial charge in [0.15, 0.2) is 11.6 Å². The van der Waals surface area contributed by atoms with Crippen LogP contribution in [0.3, 0.4) is 0 Å². The number of allylic oxidation sites excluding steroid dienone is 1. The average Bonchev–Trinajstić information content (AvgIpc) is 2.97.